The second-order valence-electron chi connectivity index (χ2n) is 3.34. The van der Waals surface area contributed by atoms with Gasteiger partial charge in [-0.05, 0) is 13.0 Å². The van der Waals surface area contributed by atoms with Gasteiger partial charge >= 0.3 is 22.5 Å². The molecule has 0 fully saturated rings. The van der Waals surface area contributed by atoms with E-state index in [1.54, 1.807) is 13.0 Å². The topological polar surface area (TPSA) is 71.2 Å². The van der Waals surface area contributed by atoms with Gasteiger partial charge in [-0.3, -0.25) is 4.79 Å². The first kappa shape index (κ1) is 12.2. The Morgan fingerprint density at radius 3 is 3.00 bits per heavy atom. The minimum absolute atomic E-state index is 0.172. The van der Waals surface area contributed by atoms with Crippen LogP contribution in [0.25, 0.3) is 10.2 Å². The molecule has 2 aromatic rings. The molecule has 0 aliphatic rings. The van der Waals surface area contributed by atoms with Crippen LogP contribution >= 0.6 is 11.3 Å². The van der Waals surface area contributed by atoms with Crippen molar-refractivity contribution in [2.75, 3.05) is 10.9 Å². The van der Waals surface area contributed by atoms with Gasteiger partial charge in [0, 0.05) is 17.1 Å². The number of esters is 1. The number of carbonyl (C=O) groups excluding carboxylic acids is 1. The molecule has 0 atom stereocenters. The predicted octanol–water partition coefficient (Wildman–Crippen LogP) is 0.726. The molecule has 88 valence electrons. The quantitative estimate of drug-likeness (QED) is 0.634. The van der Waals surface area contributed by atoms with E-state index >= 15 is 0 Å². The van der Waals surface area contributed by atoms with Crippen molar-refractivity contribution in [3.8, 4) is 0 Å². The first-order valence-electron chi connectivity index (χ1n) is 5.18. The highest BCUT2D eigenvalue weighted by molar-refractivity contribution is 7.21. The van der Waals surface area contributed by atoms with E-state index in [0.29, 0.717) is 32.8 Å². The molecule has 0 radical (unpaired) electrons. The number of hydrogen-bond donors (Lipinski definition) is 2. The molecule has 17 heavy (non-hydrogen) atoms. The van der Waals surface area contributed by atoms with Gasteiger partial charge in [-0.2, -0.15) is 0 Å². The summed E-state index contributed by atoms with van der Waals surface area (Å²) in [7, 11) is 0. The van der Waals surface area contributed by atoms with Crippen LogP contribution in [-0.4, -0.2) is 34.1 Å². The van der Waals surface area contributed by atoms with Crippen LogP contribution in [0.1, 0.15) is 16.6 Å². The van der Waals surface area contributed by atoms with E-state index in [0.717, 1.165) is 11.1 Å². The molecule has 2 aromatic heterocycles. The average molecular weight is 266 g/mol. The first-order valence-corrected chi connectivity index (χ1v) is 6.99. The van der Waals surface area contributed by atoms with Crippen molar-refractivity contribution >= 4 is 49.7 Å². The summed E-state index contributed by atoms with van der Waals surface area (Å²) in [5, 5.41) is 0.854. The third-order valence-electron chi connectivity index (χ3n) is 2.29. The molecule has 0 unspecified atom stereocenters. The van der Waals surface area contributed by atoms with Gasteiger partial charge in [-0.25, -0.2) is 4.79 Å². The van der Waals surface area contributed by atoms with Crippen LogP contribution in [0.4, 0.5) is 5.69 Å². The lowest BCUT2D eigenvalue weighted by Gasteiger charge is -2.03. The van der Waals surface area contributed by atoms with Crippen molar-refractivity contribution in [3.05, 3.63) is 27.4 Å². The number of H-pyrrole nitrogens is 1. The lowest BCUT2D eigenvalue weighted by atomic mass is 10.2. The molecular formula is C10H11AlN2O3S. The summed E-state index contributed by atoms with van der Waals surface area (Å²) in [6.07, 6.45) is 0. The zero-order valence-corrected chi connectivity index (χ0v) is 12.3. The maximum absolute atomic E-state index is 11.8. The molecule has 0 aliphatic heterocycles. The predicted molar refractivity (Wildman–Crippen MR) is 70.6 cm³/mol. The van der Waals surface area contributed by atoms with Crippen molar-refractivity contribution < 1.29 is 9.53 Å². The summed E-state index contributed by atoms with van der Waals surface area (Å²) in [4.78, 5) is 26.9. The van der Waals surface area contributed by atoms with Crippen molar-refractivity contribution in [2.24, 2.45) is 0 Å². The maximum Gasteiger partial charge on any atom is 0.360 e. The number of thiophene rings is 1. The number of pyridine rings is 1. The van der Waals surface area contributed by atoms with Gasteiger partial charge in [0.2, 0.25) is 5.56 Å². The van der Waals surface area contributed by atoms with Gasteiger partial charge in [0.1, 0.15) is 9.71 Å². The number of rotatable bonds is 3. The molecule has 5 nitrogen and oxygen atoms in total. The van der Waals surface area contributed by atoms with E-state index in [2.05, 4.69) is 9.28 Å². The van der Waals surface area contributed by atoms with Gasteiger partial charge < -0.3 is 14.0 Å². The third kappa shape index (κ3) is 2.22. The standard InChI is InChI=1S/C10H10N2O3S.Al.2H/c1-2-15-10(14)8-7(11)5-3-4-6(13)12-9(5)16-8;;;/h3-4H,2H2,1H3,(H3,11,12,13,14);;;/q;+1;;/p-1. The number of ether oxygens (including phenoxy) is 1. The van der Waals surface area contributed by atoms with Crippen LogP contribution in [0, 0.1) is 0 Å². The highest BCUT2D eigenvalue weighted by Crippen LogP contribution is 2.33. The SMILES string of the molecule is CCOC(=O)c1sc2[nH]c(=O)ccc2c1[NH][AlH2]. The molecule has 0 saturated carbocycles. The highest BCUT2D eigenvalue weighted by Gasteiger charge is 2.18. The maximum atomic E-state index is 11.8. The number of carbonyl (C=O) groups is 1. The molecule has 0 aliphatic carbocycles. The van der Waals surface area contributed by atoms with Gasteiger partial charge in [0.05, 0.1) is 6.61 Å². The lowest BCUT2D eigenvalue weighted by Crippen LogP contribution is -2.05. The smallest absolute Gasteiger partial charge is 0.360 e. The van der Waals surface area contributed by atoms with E-state index in [1.165, 1.54) is 17.4 Å². The fraction of sp³-hybridized carbons (Fsp3) is 0.200. The molecule has 2 heterocycles. The molecule has 0 aromatic carbocycles. The molecule has 0 spiro atoms. The van der Waals surface area contributed by atoms with Crippen LogP contribution in [0.5, 0.6) is 0 Å². The Morgan fingerprint density at radius 2 is 2.35 bits per heavy atom. The summed E-state index contributed by atoms with van der Waals surface area (Å²) in [5.41, 5.74) is 0.584. The highest BCUT2D eigenvalue weighted by atomic mass is 32.1. The minimum atomic E-state index is -0.354. The van der Waals surface area contributed by atoms with E-state index in [4.69, 9.17) is 4.74 Å². The van der Waals surface area contributed by atoms with Crippen molar-refractivity contribution in [2.45, 2.75) is 6.92 Å². The Hall–Kier alpha value is -1.29. The zero-order chi connectivity index (χ0) is 12.4. The monoisotopic (exact) mass is 266 g/mol. The second kappa shape index (κ2) is 4.92. The lowest BCUT2D eigenvalue weighted by molar-refractivity contribution is 0.0533. The van der Waals surface area contributed by atoms with Crippen LogP contribution in [0.3, 0.4) is 0 Å². The van der Waals surface area contributed by atoms with Crippen LogP contribution in [-0.2, 0) is 4.74 Å². The van der Waals surface area contributed by atoms with Crippen molar-refractivity contribution in [3.63, 3.8) is 0 Å². The van der Waals surface area contributed by atoms with E-state index in [-0.39, 0.29) is 11.5 Å². The average Bonchev–Trinajstić information content (AvgIpc) is 2.66. The number of nitrogens with one attached hydrogen (secondary N) is 2. The van der Waals surface area contributed by atoms with E-state index < -0.39 is 0 Å². The third-order valence-corrected chi connectivity index (χ3v) is 3.90. The molecular weight excluding hydrogens is 255 g/mol. The second-order valence-corrected chi connectivity index (χ2v) is 4.86. The fourth-order valence-corrected chi connectivity index (χ4v) is 3.39. The van der Waals surface area contributed by atoms with Gasteiger partial charge in [0.25, 0.3) is 0 Å². The molecule has 0 bridgehead atoms. The Bertz CT molecular complexity index is 620. The summed E-state index contributed by atoms with van der Waals surface area (Å²) < 4.78 is 8.09. The number of aromatic nitrogens is 1. The van der Waals surface area contributed by atoms with Crippen molar-refractivity contribution in [1.29, 1.82) is 0 Å². The number of hydrogen-bond acceptors (Lipinski definition) is 5. The number of aromatic amines is 1. The van der Waals surface area contributed by atoms with Crippen LogP contribution in [0.15, 0.2) is 16.9 Å². The van der Waals surface area contributed by atoms with E-state index in [1.807, 2.05) is 0 Å². The summed E-state index contributed by atoms with van der Waals surface area (Å²) in [5.74, 6) is -0.354. The molecule has 2 N–H and O–H groups in total. The van der Waals surface area contributed by atoms with Crippen LogP contribution in [0.2, 0.25) is 0 Å². The summed E-state index contributed by atoms with van der Waals surface area (Å²) in [6.45, 7) is 2.10. The van der Waals surface area contributed by atoms with Crippen LogP contribution < -0.4 is 9.86 Å². The van der Waals surface area contributed by atoms with Crippen molar-refractivity contribution in [1.82, 2.24) is 4.98 Å². The number of fused-ring (bicyclic) bond motifs is 1. The molecule has 0 saturated heterocycles. The minimum Gasteiger partial charge on any atom is -0.480 e. The Balaban J connectivity index is 2.63. The summed E-state index contributed by atoms with van der Waals surface area (Å²) in [6, 6.07) is 3.17. The Kier molecular flexibility index (Phi) is 3.52. The zero-order valence-electron chi connectivity index (χ0n) is 9.49. The first-order chi connectivity index (χ1) is 8.17. The van der Waals surface area contributed by atoms with E-state index in [9.17, 15) is 9.59 Å². The normalized spacial score (nSPS) is 10.4. The fourth-order valence-electron chi connectivity index (χ4n) is 1.60. The molecule has 7 heteroatoms. The Labute approximate surface area is 109 Å². The molecule has 0 amide bonds. The Morgan fingerprint density at radius 1 is 1.59 bits per heavy atom. The summed E-state index contributed by atoms with van der Waals surface area (Å²) >= 11 is 1.96. The number of anilines is 1. The van der Waals surface area contributed by atoms with Gasteiger partial charge in [-0.15, -0.1) is 11.3 Å². The van der Waals surface area contributed by atoms with Gasteiger partial charge in [0.15, 0.2) is 0 Å². The largest absolute Gasteiger partial charge is 0.480 e. The van der Waals surface area contributed by atoms with Gasteiger partial charge in [-0.1, -0.05) is 0 Å². The molecule has 2 rings (SSSR count).